The van der Waals surface area contributed by atoms with Crippen LogP contribution < -0.4 is 4.72 Å². The zero-order valence-electron chi connectivity index (χ0n) is 9.77. The summed E-state index contributed by atoms with van der Waals surface area (Å²) < 4.78 is 27.4. The van der Waals surface area contributed by atoms with Gasteiger partial charge in [0.15, 0.2) is 0 Å². The minimum atomic E-state index is -3.92. The number of halogens is 3. The highest BCUT2D eigenvalue weighted by molar-refractivity contribution is 9.10. The lowest BCUT2D eigenvalue weighted by atomic mass is 10.3. The Balaban J connectivity index is 2.43. The van der Waals surface area contributed by atoms with Crippen molar-refractivity contribution in [3.05, 3.63) is 50.9 Å². The standard InChI is InChI=1S/C12H8BrCl2NO3S/c13-7-1-4-12(9(15)5-7)20(18,19)16-10-6-8(14)2-3-11(10)17/h1-6,16-17H. The highest BCUT2D eigenvalue weighted by atomic mass is 79.9. The number of hydrogen-bond donors (Lipinski definition) is 2. The molecule has 0 radical (unpaired) electrons. The fourth-order valence-electron chi connectivity index (χ4n) is 1.48. The molecule has 0 unspecified atom stereocenters. The molecule has 0 aromatic heterocycles. The van der Waals surface area contributed by atoms with Crippen molar-refractivity contribution in [2.45, 2.75) is 4.90 Å². The molecule has 2 N–H and O–H groups in total. The van der Waals surface area contributed by atoms with E-state index in [1.807, 2.05) is 0 Å². The average molecular weight is 397 g/mol. The summed E-state index contributed by atoms with van der Waals surface area (Å²) in [7, 11) is -3.92. The molecule has 8 heteroatoms. The summed E-state index contributed by atoms with van der Waals surface area (Å²) in [5.74, 6) is -0.230. The van der Waals surface area contributed by atoms with Gasteiger partial charge in [-0.3, -0.25) is 4.72 Å². The first-order valence-electron chi connectivity index (χ1n) is 5.26. The summed E-state index contributed by atoms with van der Waals surface area (Å²) in [4.78, 5) is -0.0956. The Kier molecular flexibility index (Phi) is 4.49. The van der Waals surface area contributed by atoms with Crippen molar-refractivity contribution >= 4 is 54.8 Å². The van der Waals surface area contributed by atoms with Gasteiger partial charge in [-0.25, -0.2) is 8.42 Å². The Labute approximate surface area is 134 Å². The van der Waals surface area contributed by atoms with E-state index in [2.05, 4.69) is 20.7 Å². The Hall–Kier alpha value is -0.950. The Morgan fingerprint density at radius 1 is 1.10 bits per heavy atom. The van der Waals surface area contributed by atoms with Crippen molar-refractivity contribution in [1.29, 1.82) is 0 Å². The second-order valence-corrected chi connectivity index (χ2v) is 7.25. The largest absolute Gasteiger partial charge is 0.506 e. The second kappa shape index (κ2) is 5.81. The molecular formula is C12H8BrCl2NO3S. The monoisotopic (exact) mass is 395 g/mol. The number of aromatic hydroxyl groups is 1. The molecule has 0 aliphatic carbocycles. The zero-order chi connectivity index (χ0) is 14.9. The first kappa shape index (κ1) is 15.4. The molecule has 0 atom stereocenters. The van der Waals surface area contributed by atoms with Gasteiger partial charge in [0.25, 0.3) is 10.0 Å². The van der Waals surface area contributed by atoms with Gasteiger partial charge in [-0.2, -0.15) is 0 Å². The van der Waals surface area contributed by atoms with E-state index in [0.717, 1.165) is 0 Å². The molecule has 0 spiro atoms. The maximum absolute atomic E-state index is 12.2. The van der Waals surface area contributed by atoms with Crippen LogP contribution in [0.3, 0.4) is 0 Å². The van der Waals surface area contributed by atoms with Gasteiger partial charge in [0.05, 0.1) is 10.7 Å². The van der Waals surface area contributed by atoms with Gasteiger partial charge in [0, 0.05) is 9.50 Å². The van der Waals surface area contributed by atoms with Gasteiger partial charge in [-0.1, -0.05) is 39.1 Å². The van der Waals surface area contributed by atoms with E-state index >= 15 is 0 Å². The first-order valence-corrected chi connectivity index (χ1v) is 8.29. The molecule has 0 heterocycles. The summed E-state index contributed by atoms with van der Waals surface area (Å²) in [6.45, 7) is 0. The molecule has 20 heavy (non-hydrogen) atoms. The number of benzene rings is 2. The highest BCUT2D eigenvalue weighted by Gasteiger charge is 2.19. The zero-order valence-corrected chi connectivity index (χ0v) is 13.7. The van der Waals surface area contributed by atoms with Crippen molar-refractivity contribution in [3.63, 3.8) is 0 Å². The van der Waals surface area contributed by atoms with Gasteiger partial charge >= 0.3 is 0 Å². The van der Waals surface area contributed by atoms with E-state index in [4.69, 9.17) is 23.2 Å². The minimum Gasteiger partial charge on any atom is -0.506 e. The summed E-state index contributed by atoms with van der Waals surface area (Å²) in [5, 5.41) is 9.99. The van der Waals surface area contributed by atoms with Crippen LogP contribution in [0, 0.1) is 0 Å². The van der Waals surface area contributed by atoms with Crippen LogP contribution in [0.5, 0.6) is 5.75 Å². The number of phenols is 1. The van der Waals surface area contributed by atoms with E-state index < -0.39 is 10.0 Å². The summed E-state index contributed by atoms with van der Waals surface area (Å²) in [6, 6.07) is 8.43. The smallest absolute Gasteiger partial charge is 0.263 e. The second-order valence-electron chi connectivity index (χ2n) is 3.84. The maximum Gasteiger partial charge on any atom is 0.263 e. The number of nitrogens with one attached hydrogen (secondary N) is 1. The Morgan fingerprint density at radius 2 is 1.80 bits per heavy atom. The normalized spacial score (nSPS) is 11.3. The Bertz CT molecular complexity index is 765. The van der Waals surface area contributed by atoms with Gasteiger partial charge < -0.3 is 5.11 Å². The third-order valence-corrected chi connectivity index (χ3v) is 4.96. The predicted octanol–water partition coefficient (Wildman–Crippen LogP) is 4.26. The fraction of sp³-hybridized carbons (Fsp3) is 0. The third kappa shape index (κ3) is 3.38. The molecule has 0 saturated carbocycles. The minimum absolute atomic E-state index is 0.0171. The predicted molar refractivity (Wildman–Crippen MR) is 83.1 cm³/mol. The van der Waals surface area contributed by atoms with Crippen molar-refractivity contribution in [2.75, 3.05) is 4.72 Å². The van der Waals surface area contributed by atoms with Crippen LogP contribution in [0.15, 0.2) is 45.8 Å². The van der Waals surface area contributed by atoms with Crippen molar-refractivity contribution in [1.82, 2.24) is 0 Å². The van der Waals surface area contributed by atoms with Crippen LogP contribution in [-0.4, -0.2) is 13.5 Å². The number of anilines is 1. The molecule has 0 bridgehead atoms. The molecule has 2 aromatic rings. The fourth-order valence-corrected chi connectivity index (χ4v) is 3.76. The van der Waals surface area contributed by atoms with Gasteiger partial charge in [-0.15, -0.1) is 0 Å². The molecule has 0 aliphatic heterocycles. The van der Waals surface area contributed by atoms with Crippen LogP contribution in [-0.2, 0) is 10.0 Å². The molecule has 0 saturated heterocycles. The van der Waals surface area contributed by atoms with Crippen LogP contribution >= 0.6 is 39.1 Å². The van der Waals surface area contributed by atoms with Crippen LogP contribution in [0.25, 0.3) is 0 Å². The van der Waals surface area contributed by atoms with E-state index in [1.165, 1.54) is 30.3 Å². The van der Waals surface area contributed by atoms with E-state index in [-0.39, 0.29) is 21.4 Å². The van der Waals surface area contributed by atoms with E-state index in [0.29, 0.717) is 9.50 Å². The molecule has 4 nitrogen and oxygen atoms in total. The van der Waals surface area contributed by atoms with Crippen LogP contribution in [0.1, 0.15) is 0 Å². The third-order valence-electron chi connectivity index (χ3n) is 2.39. The van der Waals surface area contributed by atoms with E-state index in [1.54, 1.807) is 6.07 Å². The molecular weight excluding hydrogens is 389 g/mol. The maximum atomic E-state index is 12.2. The summed E-state index contributed by atoms with van der Waals surface area (Å²) in [6.07, 6.45) is 0. The van der Waals surface area contributed by atoms with Crippen LogP contribution in [0.4, 0.5) is 5.69 Å². The topological polar surface area (TPSA) is 66.4 Å². The highest BCUT2D eigenvalue weighted by Crippen LogP contribution is 2.31. The van der Waals surface area contributed by atoms with Gasteiger partial charge in [0.2, 0.25) is 0 Å². The molecule has 0 aliphatic rings. The summed E-state index contributed by atoms with van der Waals surface area (Å²) >= 11 is 14.9. The van der Waals surface area contributed by atoms with Crippen molar-refractivity contribution in [3.8, 4) is 5.75 Å². The Morgan fingerprint density at radius 3 is 2.45 bits per heavy atom. The molecule has 0 fully saturated rings. The number of rotatable bonds is 3. The van der Waals surface area contributed by atoms with Crippen molar-refractivity contribution in [2.24, 2.45) is 0 Å². The lowest BCUT2D eigenvalue weighted by Gasteiger charge is -2.11. The first-order chi connectivity index (χ1) is 9.29. The van der Waals surface area contributed by atoms with Gasteiger partial charge in [0.1, 0.15) is 10.6 Å². The number of hydrogen-bond acceptors (Lipinski definition) is 3. The molecule has 0 amide bonds. The molecule has 106 valence electrons. The lowest BCUT2D eigenvalue weighted by Crippen LogP contribution is -2.13. The number of sulfonamides is 1. The number of phenolic OH excluding ortho intramolecular Hbond substituents is 1. The quantitative estimate of drug-likeness (QED) is 0.761. The molecule has 2 rings (SSSR count). The molecule has 2 aromatic carbocycles. The van der Waals surface area contributed by atoms with E-state index in [9.17, 15) is 13.5 Å². The van der Waals surface area contributed by atoms with Crippen LogP contribution in [0.2, 0.25) is 10.0 Å². The SMILES string of the molecule is O=S(=O)(Nc1cc(Cl)ccc1O)c1ccc(Br)cc1Cl. The van der Waals surface area contributed by atoms with Gasteiger partial charge in [-0.05, 0) is 36.4 Å². The van der Waals surface area contributed by atoms with Crippen molar-refractivity contribution < 1.29 is 13.5 Å². The lowest BCUT2D eigenvalue weighted by molar-refractivity contribution is 0.477. The summed E-state index contributed by atoms with van der Waals surface area (Å²) in [5.41, 5.74) is -0.0171. The average Bonchev–Trinajstić information content (AvgIpc) is 2.33.